The summed E-state index contributed by atoms with van der Waals surface area (Å²) in [5, 5.41) is 0. The number of hydrogen-bond donors (Lipinski definition) is 0. The van der Waals surface area contributed by atoms with E-state index in [2.05, 4.69) is 50.3 Å². The fourth-order valence-corrected chi connectivity index (χ4v) is 45.3. The molecule has 3 aliphatic carbocycles. The van der Waals surface area contributed by atoms with E-state index in [1.165, 1.54) is 72.2 Å². The Kier molecular flexibility index (Phi) is 9.50. The van der Waals surface area contributed by atoms with Crippen molar-refractivity contribution < 1.29 is 46.3 Å². The van der Waals surface area contributed by atoms with Crippen LogP contribution in [0.15, 0.2) is 96.1 Å². The van der Waals surface area contributed by atoms with Gasteiger partial charge in [0, 0.05) is 0 Å². The minimum absolute atomic E-state index is 0. The molecule has 4 aromatic carbocycles. The summed E-state index contributed by atoms with van der Waals surface area (Å²) in [4.78, 5) is 0. The summed E-state index contributed by atoms with van der Waals surface area (Å²) < 4.78 is 82.4. The second-order valence-electron chi connectivity index (χ2n) is 13.9. The number of fused-ring (bicyclic) bond motifs is 3. The van der Waals surface area contributed by atoms with E-state index in [0.717, 1.165) is 40.7 Å². The first-order chi connectivity index (χ1) is 22.4. The Bertz CT molecular complexity index is 1810. The molecular formula is C40H36Cl2F6Hf. The van der Waals surface area contributed by atoms with Crippen LogP contribution < -0.4 is 0 Å². The molecule has 4 aromatic rings. The number of hydrogen-bond acceptors (Lipinski definition) is 0. The van der Waals surface area contributed by atoms with E-state index in [1.54, 1.807) is 24.3 Å². The van der Waals surface area contributed by atoms with Gasteiger partial charge in [-0.1, -0.05) is 0 Å². The molecule has 0 radical (unpaired) electrons. The molecule has 0 bridgehead atoms. The number of alkyl halides is 6. The van der Waals surface area contributed by atoms with Gasteiger partial charge in [-0.3, -0.25) is 0 Å². The molecule has 4 atom stereocenters. The SMILES string of the molecule is CC1=Cc2c(-c3ccc(C(F)(F)F)cc3)cccc2[CH]1[Hf]1([CH]2C(C)=Cc3c(-c4ccc(C(F)(F)F)cc4)cccc32)[CH]2CCCC[CH]21.Cl.Cl. The van der Waals surface area contributed by atoms with Gasteiger partial charge >= 0.3 is 277 Å². The molecule has 1 saturated heterocycles. The van der Waals surface area contributed by atoms with Crippen molar-refractivity contribution in [2.75, 3.05) is 0 Å². The van der Waals surface area contributed by atoms with Gasteiger partial charge in [0.15, 0.2) is 0 Å². The van der Waals surface area contributed by atoms with Crippen LogP contribution >= 0.6 is 24.8 Å². The first-order valence-corrected chi connectivity index (χ1v) is 24.7. The number of rotatable bonds is 4. The molecular weight excluding hydrogens is 844 g/mol. The zero-order chi connectivity index (χ0) is 32.9. The van der Waals surface area contributed by atoms with Crippen LogP contribution in [-0.2, 0) is 32.3 Å². The van der Waals surface area contributed by atoms with Crippen molar-refractivity contribution in [2.45, 2.75) is 66.6 Å². The van der Waals surface area contributed by atoms with Crippen molar-refractivity contribution in [3.63, 3.8) is 0 Å². The summed E-state index contributed by atoms with van der Waals surface area (Å²) >= 11 is -3.43. The van der Waals surface area contributed by atoms with Gasteiger partial charge in [0.05, 0.1) is 0 Å². The second-order valence-corrected chi connectivity index (χ2v) is 30.6. The van der Waals surface area contributed by atoms with E-state index in [-0.39, 0.29) is 24.8 Å². The monoisotopic (exact) mass is 880 g/mol. The minimum Gasteiger partial charge on any atom is -0.147 e. The summed E-state index contributed by atoms with van der Waals surface area (Å²) in [6.07, 6.45) is 0.910. The Hall–Kier alpha value is -2.61. The largest absolute Gasteiger partial charge is 0.147 e. The second kappa shape index (κ2) is 12.9. The zero-order valence-corrected chi connectivity index (χ0v) is 32.2. The van der Waals surface area contributed by atoms with Gasteiger partial charge in [0.25, 0.3) is 0 Å². The molecule has 9 heteroatoms. The molecule has 0 N–H and O–H groups in total. The van der Waals surface area contributed by atoms with Crippen LogP contribution in [0.4, 0.5) is 26.3 Å². The van der Waals surface area contributed by atoms with Crippen LogP contribution in [0.25, 0.3) is 34.4 Å². The van der Waals surface area contributed by atoms with Crippen molar-refractivity contribution in [3.8, 4) is 22.3 Å². The molecule has 1 heterocycles. The third kappa shape index (κ3) is 5.70. The maximum absolute atomic E-state index is 13.3. The molecule has 256 valence electrons. The van der Waals surface area contributed by atoms with Gasteiger partial charge in [-0.2, -0.15) is 0 Å². The summed E-state index contributed by atoms with van der Waals surface area (Å²) in [5.74, 6) is 0. The molecule has 49 heavy (non-hydrogen) atoms. The van der Waals surface area contributed by atoms with Gasteiger partial charge < -0.3 is 0 Å². The smallest absolute Gasteiger partial charge is 0.147 e. The number of benzene rings is 4. The molecule has 0 spiro atoms. The molecule has 0 amide bonds. The van der Waals surface area contributed by atoms with E-state index in [4.69, 9.17) is 0 Å². The van der Waals surface area contributed by atoms with Gasteiger partial charge in [-0.15, -0.1) is 24.8 Å². The Morgan fingerprint density at radius 3 is 1.24 bits per heavy atom. The van der Waals surface area contributed by atoms with Crippen molar-refractivity contribution >= 4 is 37.0 Å². The Morgan fingerprint density at radius 1 is 0.531 bits per heavy atom. The molecule has 4 unspecified atom stereocenters. The van der Waals surface area contributed by atoms with E-state index in [0.29, 0.717) is 7.35 Å². The fourth-order valence-electron chi connectivity index (χ4n) is 9.85. The van der Waals surface area contributed by atoms with Gasteiger partial charge in [0.1, 0.15) is 0 Å². The van der Waals surface area contributed by atoms with Crippen LogP contribution in [-0.4, -0.2) is 0 Å². The van der Waals surface area contributed by atoms with E-state index >= 15 is 0 Å². The van der Waals surface area contributed by atoms with Crippen molar-refractivity contribution in [1.29, 1.82) is 0 Å². The molecule has 0 aromatic heterocycles. The maximum atomic E-state index is 13.3. The first-order valence-electron chi connectivity index (χ1n) is 16.4. The number of halogens is 8. The number of allylic oxidation sites excluding steroid dienone is 2. The third-order valence-corrected chi connectivity index (χ3v) is 37.0. The summed E-state index contributed by atoms with van der Waals surface area (Å²) in [6.45, 7) is 4.53. The molecule has 1 aliphatic heterocycles. The average Bonchev–Trinajstić information content (AvgIpc) is 3.35. The van der Waals surface area contributed by atoms with Gasteiger partial charge in [-0.05, 0) is 0 Å². The molecule has 2 fully saturated rings. The quantitative estimate of drug-likeness (QED) is 0.142. The molecule has 1 saturated carbocycles. The maximum Gasteiger partial charge on any atom is -0.147 e. The van der Waals surface area contributed by atoms with Gasteiger partial charge in [0.2, 0.25) is 0 Å². The fraction of sp³-hybridized carbons (Fsp3) is 0.300. The summed E-state index contributed by atoms with van der Waals surface area (Å²) in [7, 11) is 0. The van der Waals surface area contributed by atoms with E-state index < -0.39 is 43.4 Å². The normalized spacial score (nSPS) is 25.2. The predicted molar refractivity (Wildman–Crippen MR) is 187 cm³/mol. The van der Waals surface area contributed by atoms with Crippen LogP contribution in [0.5, 0.6) is 0 Å². The van der Waals surface area contributed by atoms with Crippen LogP contribution in [0, 0.1) is 0 Å². The Balaban J connectivity index is 0.00000208. The van der Waals surface area contributed by atoms with Crippen LogP contribution in [0.1, 0.15) is 80.3 Å². The minimum atomic E-state index is -4.38. The topological polar surface area (TPSA) is 0 Å². The summed E-state index contributed by atoms with van der Waals surface area (Å²) in [5.41, 5.74) is 10.0. The van der Waals surface area contributed by atoms with Gasteiger partial charge in [-0.25, -0.2) is 0 Å². The summed E-state index contributed by atoms with van der Waals surface area (Å²) in [6, 6.07) is 23.8. The van der Waals surface area contributed by atoms with Crippen LogP contribution in [0.3, 0.4) is 0 Å². The Morgan fingerprint density at radius 2 is 0.898 bits per heavy atom. The van der Waals surface area contributed by atoms with E-state index in [1.807, 2.05) is 12.1 Å². The first kappa shape index (κ1) is 36.2. The average molecular weight is 880 g/mol. The van der Waals surface area contributed by atoms with E-state index in [9.17, 15) is 26.3 Å². The van der Waals surface area contributed by atoms with Crippen molar-refractivity contribution in [2.24, 2.45) is 0 Å². The zero-order valence-electron chi connectivity index (χ0n) is 27.0. The Labute approximate surface area is 299 Å². The molecule has 0 nitrogen and oxygen atoms in total. The molecule has 8 rings (SSSR count). The van der Waals surface area contributed by atoms with Crippen LogP contribution in [0.2, 0.25) is 7.35 Å². The third-order valence-electron chi connectivity index (χ3n) is 11.5. The predicted octanol–water partition coefficient (Wildman–Crippen LogP) is 13.8. The molecule has 4 aliphatic rings. The van der Waals surface area contributed by atoms with Crippen molar-refractivity contribution in [1.82, 2.24) is 0 Å². The standard InChI is InChI=1S/2C17H12F3.C6H10.2ClH.Hf/c2*1-11-9-13-3-2-4-15(16(13)10-11)12-5-7-14(8-6-12)17(18,19)20;1-2-4-6-5-3-1;;;/h2*2-10H,1H3;1-2H,3-6H2;2*1H;. The van der Waals surface area contributed by atoms with Crippen molar-refractivity contribution in [3.05, 3.63) is 129 Å².